The average molecular weight is 990 g/mol. The number of rotatable bonds is 6. The lowest BCUT2D eigenvalue weighted by Gasteiger charge is -2.04. The molecule has 6 aromatic heterocycles. The highest BCUT2D eigenvalue weighted by Crippen LogP contribution is 2.46. The van der Waals surface area contributed by atoms with E-state index in [0.29, 0.717) is 35.5 Å². The first-order valence-electron chi connectivity index (χ1n) is 23.8. The van der Waals surface area contributed by atoms with E-state index in [0.717, 1.165) is 0 Å². The molecule has 0 N–H and O–H groups in total. The zero-order valence-corrected chi connectivity index (χ0v) is 45.2. The van der Waals surface area contributed by atoms with Crippen LogP contribution in [0.1, 0.15) is 157 Å². The molecule has 0 unspecified atom stereocenters. The van der Waals surface area contributed by atoms with Crippen LogP contribution in [0, 0.1) is 0 Å². The van der Waals surface area contributed by atoms with Crippen LogP contribution in [0.2, 0.25) is 0 Å². The summed E-state index contributed by atoms with van der Waals surface area (Å²) in [5.74, 6) is 3.61. The molecular formula is C61H64S6. The zero-order valence-electron chi connectivity index (χ0n) is 40.3. The van der Waals surface area contributed by atoms with Crippen molar-refractivity contribution in [1.29, 1.82) is 0 Å². The van der Waals surface area contributed by atoms with Gasteiger partial charge >= 0.3 is 0 Å². The van der Waals surface area contributed by atoms with Crippen LogP contribution in [0.15, 0.2) is 109 Å². The second kappa shape index (κ2) is 19.0. The van der Waals surface area contributed by atoms with Crippen molar-refractivity contribution in [3.8, 4) is 0 Å². The maximum absolute atomic E-state index is 2.40. The fraction of sp³-hybridized carbons (Fsp3) is 0.311. The predicted molar refractivity (Wildman–Crippen MR) is 315 cm³/mol. The first-order chi connectivity index (χ1) is 31.6. The largest absolute Gasteiger partial charge is 0.140 e. The Morgan fingerprint density at radius 1 is 0.254 bits per heavy atom. The van der Waals surface area contributed by atoms with Crippen molar-refractivity contribution >= 4 is 159 Å². The smallest absolute Gasteiger partial charge is 0.0542 e. The molecule has 0 nitrogen and oxygen atoms in total. The van der Waals surface area contributed by atoms with E-state index in [1.165, 1.54) is 122 Å². The van der Waals surface area contributed by atoms with Gasteiger partial charge in [0.25, 0.3) is 0 Å². The summed E-state index contributed by atoms with van der Waals surface area (Å²) >= 11 is 11.7. The van der Waals surface area contributed by atoms with Crippen molar-refractivity contribution in [1.82, 2.24) is 0 Å². The monoisotopic (exact) mass is 988 g/mol. The van der Waals surface area contributed by atoms with E-state index >= 15 is 0 Å². The minimum atomic E-state index is 0. The molecule has 0 saturated carbocycles. The SMILES string of the molecule is C.CC(C)c1cc2c(ccc3c4cc(C(C)C)sc4ccc23)s1.CC(C)c1cc2cc3cc4sc(C(C)C)cc4cc3cc2s1.CC(C)c1ccc2c(c1)sc1c3ccc(C(C)C)cc3sc21. The summed E-state index contributed by atoms with van der Waals surface area (Å²) < 4.78 is 11.4. The Kier molecular flexibility index (Phi) is 13.6. The highest BCUT2D eigenvalue weighted by Gasteiger charge is 2.16. The number of benzene rings is 6. The van der Waals surface area contributed by atoms with E-state index < -0.39 is 0 Å². The Morgan fingerprint density at radius 3 is 0.955 bits per heavy atom. The van der Waals surface area contributed by atoms with Gasteiger partial charge in [0, 0.05) is 69.3 Å². The molecule has 0 amide bonds. The van der Waals surface area contributed by atoms with Crippen LogP contribution in [0.25, 0.3) is 91.5 Å². The van der Waals surface area contributed by atoms with Gasteiger partial charge in [0.05, 0.1) is 9.40 Å². The molecule has 6 heteroatoms. The molecule has 0 aliphatic rings. The van der Waals surface area contributed by atoms with Crippen LogP contribution in [-0.2, 0) is 0 Å². The van der Waals surface area contributed by atoms with Gasteiger partial charge in [-0.25, -0.2) is 0 Å². The highest BCUT2D eigenvalue weighted by atomic mass is 32.1. The number of hydrogen-bond donors (Lipinski definition) is 0. The molecule has 12 aromatic rings. The van der Waals surface area contributed by atoms with Crippen molar-refractivity contribution in [3.05, 3.63) is 140 Å². The normalized spacial score (nSPS) is 12.3. The van der Waals surface area contributed by atoms with Crippen molar-refractivity contribution < 1.29 is 0 Å². The lowest BCUT2D eigenvalue weighted by atomic mass is 10.0. The van der Waals surface area contributed by atoms with Gasteiger partial charge in [-0.2, -0.15) is 0 Å². The minimum Gasteiger partial charge on any atom is -0.140 e. The first-order valence-corrected chi connectivity index (χ1v) is 28.7. The van der Waals surface area contributed by atoms with Gasteiger partial charge in [-0.05, 0) is 152 Å². The Hall–Kier alpha value is -4.14. The van der Waals surface area contributed by atoms with Gasteiger partial charge in [-0.15, -0.1) is 68.0 Å². The zero-order chi connectivity index (χ0) is 46.3. The lowest BCUT2D eigenvalue weighted by molar-refractivity contribution is 0.869. The Bertz CT molecular complexity index is 3410. The summed E-state index contributed by atoms with van der Waals surface area (Å²) in [7, 11) is 0. The fourth-order valence-corrected chi connectivity index (χ4v) is 16.1. The predicted octanol–water partition coefficient (Wildman–Crippen LogP) is 23.2. The molecule has 12 rings (SSSR count). The van der Waals surface area contributed by atoms with Crippen molar-refractivity contribution in [2.45, 2.75) is 126 Å². The molecular weight excluding hydrogens is 925 g/mol. The van der Waals surface area contributed by atoms with E-state index in [2.05, 4.69) is 192 Å². The second-order valence-electron chi connectivity index (χ2n) is 20.1. The Balaban J connectivity index is 0.000000125. The molecule has 0 aliphatic heterocycles. The van der Waals surface area contributed by atoms with Crippen LogP contribution in [0.4, 0.5) is 0 Å². The molecule has 0 atom stereocenters. The van der Waals surface area contributed by atoms with Crippen LogP contribution < -0.4 is 0 Å². The van der Waals surface area contributed by atoms with Crippen molar-refractivity contribution in [3.63, 3.8) is 0 Å². The highest BCUT2D eigenvalue weighted by molar-refractivity contribution is 7.36. The van der Waals surface area contributed by atoms with Crippen molar-refractivity contribution in [2.24, 2.45) is 0 Å². The third kappa shape index (κ3) is 9.12. The van der Waals surface area contributed by atoms with Crippen LogP contribution >= 0.6 is 68.0 Å². The molecule has 0 saturated heterocycles. The quantitative estimate of drug-likeness (QED) is 0.156. The van der Waals surface area contributed by atoms with Crippen molar-refractivity contribution in [2.75, 3.05) is 0 Å². The molecule has 0 bridgehead atoms. The molecule has 0 radical (unpaired) electrons. The number of thiophene rings is 6. The van der Waals surface area contributed by atoms with Crippen LogP contribution in [-0.4, -0.2) is 0 Å². The molecule has 344 valence electrons. The molecule has 0 fully saturated rings. The summed E-state index contributed by atoms with van der Waals surface area (Å²) in [5.41, 5.74) is 2.88. The molecule has 6 heterocycles. The summed E-state index contributed by atoms with van der Waals surface area (Å²) in [5, 5.41) is 14.0. The fourth-order valence-electron chi connectivity index (χ4n) is 9.00. The van der Waals surface area contributed by atoms with E-state index in [9.17, 15) is 0 Å². The number of fused-ring (bicyclic) bond motifs is 13. The summed E-state index contributed by atoms with van der Waals surface area (Å²) in [4.78, 5) is 5.93. The number of hydrogen-bond acceptors (Lipinski definition) is 6. The summed E-state index contributed by atoms with van der Waals surface area (Å²) in [6.07, 6.45) is 0. The van der Waals surface area contributed by atoms with Gasteiger partial charge in [0.15, 0.2) is 0 Å². The lowest BCUT2D eigenvalue weighted by Crippen LogP contribution is -1.84. The molecule has 0 aliphatic carbocycles. The second-order valence-corrected chi connectivity index (χ2v) is 26.6. The van der Waals surface area contributed by atoms with E-state index in [-0.39, 0.29) is 7.43 Å². The van der Waals surface area contributed by atoms with Gasteiger partial charge in [0.2, 0.25) is 0 Å². The first kappa shape index (κ1) is 47.9. The Labute approximate surface area is 421 Å². The maximum atomic E-state index is 2.40. The summed E-state index contributed by atoms with van der Waals surface area (Å²) in [6.45, 7) is 27.2. The van der Waals surface area contributed by atoms with E-state index in [1.54, 1.807) is 0 Å². The topological polar surface area (TPSA) is 0 Å². The Morgan fingerprint density at radius 2 is 0.597 bits per heavy atom. The van der Waals surface area contributed by atoms with Gasteiger partial charge in [-0.1, -0.05) is 127 Å². The standard InChI is InChI=1S/3C20H20S2.CH4/c1-11(2)17-9-15-5-13-8-20-16(10-18(22-20)12(3)4)6-14(13)7-19(15)21-17;1-11(2)19-9-15-13-6-8-18-16(10-20(22-18)12(3)4)14(13)5-7-17(15)21-19;1-11(2)13-5-7-15-17(9-13)21-20-16-8-6-14(12(3)4)10-18(16)22-19(15)20;/h3*5-12H,1-4H3;1H4. The molecule has 6 aromatic carbocycles. The summed E-state index contributed by atoms with van der Waals surface area (Å²) in [6, 6.07) is 42.2. The minimum absolute atomic E-state index is 0. The average Bonchev–Trinajstić information content (AvgIpc) is 4.14. The van der Waals surface area contributed by atoms with Gasteiger partial charge in [-0.3, -0.25) is 0 Å². The van der Waals surface area contributed by atoms with E-state index in [1.807, 2.05) is 68.0 Å². The third-order valence-electron chi connectivity index (χ3n) is 13.1. The molecule has 67 heavy (non-hydrogen) atoms. The maximum Gasteiger partial charge on any atom is 0.0542 e. The third-order valence-corrected chi connectivity index (χ3v) is 21.2. The van der Waals surface area contributed by atoms with E-state index in [4.69, 9.17) is 0 Å². The van der Waals surface area contributed by atoms with Crippen LogP contribution in [0.3, 0.4) is 0 Å². The van der Waals surface area contributed by atoms with Crippen LogP contribution in [0.5, 0.6) is 0 Å². The van der Waals surface area contributed by atoms with Gasteiger partial charge < -0.3 is 0 Å². The van der Waals surface area contributed by atoms with Gasteiger partial charge in [0.1, 0.15) is 0 Å². The molecule has 0 spiro atoms.